The van der Waals surface area contributed by atoms with Crippen molar-refractivity contribution in [3.8, 4) is 0 Å². The van der Waals surface area contributed by atoms with Crippen LogP contribution in [0.3, 0.4) is 0 Å². The molecular formula is C22H34N2Si. The molecule has 0 amide bonds. The second kappa shape index (κ2) is 6.28. The second-order valence-corrected chi connectivity index (χ2v) is 13.7. The van der Waals surface area contributed by atoms with Gasteiger partial charge in [0.2, 0.25) is 0 Å². The molecule has 4 rings (SSSR count). The van der Waals surface area contributed by atoms with E-state index in [1.54, 1.807) is 5.57 Å². The van der Waals surface area contributed by atoms with Crippen LogP contribution in [0.4, 0.5) is 0 Å². The van der Waals surface area contributed by atoms with Gasteiger partial charge in [-0.15, -0.1) is 0 Å². The minimum absolute atomic E-state index is 0.706. The van der Waals surface area contributed by atoms with Crippen LogP contribution < -0.4 is 4.98 Å². The maximum absolute atomic E-state index is 3.81. The lowest BCUT2D eigenvalue weighted by atomic mass is 9.74. The zero-order valence-corrected chi connectivity index (χ0v) is 17.5. The number of benzene rings is 1. The molecule has 136 valence electrons. The summed E-state index contributed by atoms with van der Waals surface area (Å²) in [6.07, 6.45) is 5.77. The van der Waals surface area contributed by atoms with Crippen LogP contribution in [0, 0.1) is 17.8 Å². The molecule has 5 atom stereocenters. The van der Waals surface area contributed by atoms with Gasteiger partial charge in [0.1, 0.15) is 8.24 Å². The third-order valence-electron chi connectivity index (χ3n) is 7.80. The van der Waals surface area contributed by atoms with Gasteiger partial charge in [0.05, 0.1) is 0 Å². The monoisotopic (exact) mass is 354 g/mol. The third-order valence-corrected chi connectivity index (χ3v) is 11.5. The highest BCUT2D eigenvalue weighted by atomic mass is 28.3. The topological polar surface area (TPSA) is 15.3 Å². The first-order valence-electron chi connectivity index (χ1n) is 10.2. The van der Waals surface area contributed by atoms with Gasteiger partial charge in [0.25, 0.3) is 0 Å². The van der Waals surface area contributed by atoms with Crippen LogP contribution in [0.1, 0.15) is 38.2 Å². The fourth-order valence-electron chi connectivity index (χ4n) is 6.48. The van der Waals surface area contributed by atoms with Crippen molar-refractivity contribution in [3.63, 3.8) is 0 Å². The van der Waals surface area contributed by atoms with Gasteiger partial charge in [0.15, 0.2) is 0 Å². The third kappa shape index (κ3) is 2.54. The van der Waals surface area contributed by atoms with E-state index in [9.17, 15) is 0 Å². The Balaban J connectivity index is 1.82. The maximum Gasteiger partial charge on any atom is 0.124 e. The van der Waals surface area contributed by atoms with Crippen molar-refractivity contribution in [2.24, 2.45) is 17.8 Å². The minimum atomic E-state index is -1.46. The van der Waals surface area contributed by atoms with Crippen molar-refractivity contribution in [1.82, 2.24) is 9.88 Å². The number of hydrogen-bond donors (Lipinski definition) is 1. The van der Waals surface area contributed by atoms with Crippen molar-refractivity contribution in [1.29, 1.82) is 0 Å². The average Bonchev–Trinajstić information content (AvgIpc) is 3.09. The molecule has 1 aliphatic heterocycles. The molecule has 1 aromatic carbocycles. The first kappa shape index (κ1) is 17.4. The number of rotatable bonds is 3. The molecule has 0 bridgehead atoms. The number of nitrogens with zero attached hydrogens (tertiary/aromatic N) is 1. The molecule has 0 spiro atoms. The zero-order chi connectivity index (χ0) is 17.8. The average molecular weight is 355 g/mol. The highest BCUT2D eigenvalue weighted by Crippen LogP contribution is 2.63. The van der Waals surface area contributed by atoms with Gasteiger partial charge in [-0.1, -0.05) is 62.7 Å². The second-order valence-electron chi connectivity index (χ2n) is 9.10. The van der Waals surface area contributed by atoms with E-state index in [-0.39, 0.29) is 0 Å². The summed E-state index contributed by atoms with van der Waals surface area (Å²) in [5.74, 6) is 2.55. The number of fused-ring (bicyclic) bond motifs is 3. The van der Waals surface area contributed by atoms with Crippen LogP contribution in [0.5, 0.6) is 0 Å². The van der Waals surface area contributed by atoms with E-state index in [1.165, 1.54) is 36.9 Å². The summed E-state index contributed by atoms with van der Waals surface area (Å²) in [4.78, 5) is 6.48. The Hall–Kier alpha value is -1.06. The Morgan fingerprint density at radius 2 is 1.68 bits per heavy atom. The summed E-state index contributed by atoms with van der Waals surface area (Å²) in [5, 5.41) is 0. The number of hydrogen-bond acceptors (Lipinski definition) is 2. The summed E-state index contributed by atoms with van der Waals surface area (Å²) in [5.41, 5.74) is 5.51. The fraction of sp³-hybridized carbons (Fsp3) is 0.636. The van der Waals surface area contributed by atoms with Crippen LogP contribution in [-0.4, -0.2) is 33.3 Å². The Kier molecular flexibility index (Phi) is 4.36. The summed E-state index contributed by atoms with van der Waals surface area (Å²) < 4.78 is 0. The molecule has 1 heterocycles. The van der Waals surface area contributed by atoms with Crippen molar-refractivity contribution in [2.75, 3.05) is 14.1 Å². The summed E-state index contributed by atoms with van der Waals surface area (Å²) in [6, 6.07) is 11.9. The fourth-order valence-corrected chi connectivity index (χ4v) is 9.58. The number of allylic oxidation sites excluding steroid dienone is 1. The smallest absolute Gasteiger partial charge is 0.124 e. The van der Waals surface area contributed by atoms with E-state index in [1.807, 2.05) is 0 Å². The lowest BCUT2D eigenvalue weighted by Gasteiger charge is -2.41. The first-order chi connectivity index (χ1) is 12.0. The standard InChI is InChI=1S/C22H34N2Si/c1-15-19(16-11-7-6-8-12-16)20-17-13-9-10-14-18(17)22(21(20)24(15)3)25(4,5)23-2/h6-8,11-12,17-18,20-23H,9-10,13-14H2,1-5H3. The van der Waals surface area contributed by atoms with E-state index in [0.717, 1.165) is 23.3 Å². The van der Waals surface area contributed by atoms with Gasteiger partial charge in [-0.2, -0.15) is 0 Å². The summed E-state index contributed by atoms with van der Waals surface area (Å²) >= 11 is 0. The molecule has 0 aromatic heterocycles. The van der Waals surface area contributed by atoms with Crippen molar-refractivity contribution >= 4 is 13.8 Å². The largest absolute Gasteiger partial charge is 0.374 e. The van der Waals surface area contributed by atoms with E-state index in [2.05, 4.69) is 74.3 Å². The molecule has 0 radical (unpaired) electrons. The molecule has 2 aliphatic carbocycles. The molecule has 3 aliphatic rings. The highest BCUT2D eigenvalue weighted by Gasteiger charge is 2.60. The van der Waals surface area contributed by atoms with E-state index in [4.69, 9.17) is 0 Å². The van der Waals surface area contributed by atoms with Crippen LogP contribution in [-0.2, 0) is 0 Å². The predicted molar refractivity (Wildman–Crippen MR) is 110 cm³/mol. The van der Waals surface area contributed by atoms with Gasteiger partial charge < -0.3 is 9.88 Å². The molecule has 1 aromatic rings. The molecule has 25 heavy (non-hydrogen) atoms. The molecule has 3 heteroatoms. The lowest BCUT2D eigenvalue weighted by molar-refractivity contribution is 0.250. The summed E-state index contributed by atoms with van der Waals surface area (Å²) in [6.45, 7) is 7.49. The van der Waals surface area contributed by atoms with Gasteiger partial charge in [-0.05, 0) is 48.9 Å². The first-order valence-corrected chi connectivity index (χ1v) is 13.2. The van der Waals surface area contributed by atoms with E-state index >= 15 is 0 Å². The van der Waals surface area contributed by atoms with Crippen LogP contribution in [0.2, 0.25) is 18.6 Å². The van der Waals surface area contributed by atoms with E-state index in [0.29, 0.717) is 6.04 Å². The Morgan fingerprint density at radius 1 is 1.04 bits per heavy atom. The van der Waals surface area contributed by atoms with Crippen molar-refractivity contribution in [2.45, 2.75) is 57.3 Å². The Bertz CT molecular complexity index is 666. The number of nitrogens with one attached hydrogen (secondary N) is 1. The molecule has 2 nitrogen and oxygen atoms in total. The van der Waals surface area contributed by atoms with Crippen LogP contribution in [0.15, 0.2) is 36.0 Å². The van der Waals surface area contributed by atoms with Gasteiger partial charge >= 0.3 is 0 Å². The van der Waals surface area contributed by atoms with Crippen LogP contribution >= 0.6 is 0 Å². The molecule has 1 N–H and O–H groups in total. The highest BCUT2D eigenvalue weighted by molar-refractivity contribution is 6.76. The van der Waals surface area contributed by atoms with Crippen LogP contribution in [0.25, 0.3) is 5.57 Å². The van der Waals surface area contributed by atoms with Gasteiger partial charge in [-0.3, -0.25) is 0 Å². The Labute approximate surface area is 154 Å². The quantitative estimate of drug-likeness (QED) is 0.772. The van der Waals surface area contributed by atoms with Gasteiger partial charge in [-0.25, -0.2) is 0 Å². The predicted octanol–water partition coefficient (Wildman–Crippen LogP) is 4.96. The van der Waals surface area contributed by atoms with E-state index < -0.39 is 8.24 Å². The van der Waals surface area contributed by atoms with Crippen molar-refractivity contribution < 1.29 is 0 Å². The van der Waals surface area contributed by atoms with Crippen molar-refractivity contribution in [3.05, 3.63) is 41.6 Å². The lowest BCUT2D eigenvalue weighted by Crippen LogP contribution is -2.53. The molecule has 2 fully saturated rings. The summed E-state index contributed by atoms with van der Waals surface area (Å²) in [7, 11) is 3.12. The molecule has 0 saturated heterocycles. The molecule has 5 unspecified atom stereocenters. The molecular weight excluding hydrogens is 320 g/mol. The zero-order valence-electron chi connectivity index (χ0n) is 16.5. The minimum Gasteiger partial charge on any atom is -0.374 e. The Morgan fingerprint density at radius 3 is 2.32 bits per heavy atom. The van der Waals surface area contributed by atoms with Gasteiger partial charge in [0, 0.05) is 24.7 Å². The normalized spacial score (nSPS) is 35.1. The maximum atomic E-state index is 3.81. The molecule has 2 saturated carbocycles. The SMILES string of the molecule is CN[Si](C)(C)C1C2CCCCC2C2C(c3ccccc3)=C(C)N(C)C21.